The number of halogens is 1. The average molecular weight is 203 g/mol. The predicted octanol–water partition coefficient (Wildman–Crippen LogP) is 1.74. The topological polar surface area (TPSA) is 51.8 Å². The molecule has 2 rings (SSSR count). The molecule has 15 heavy (non-hydrogen) atoms. The van der Waals surface area contributed by atoms with Gasteiger partial charge in [-0.3, -0.25) is 0 Å². The monoisotopic (exact) mass is 203 g/mol. The lowest BCUT2D eigenvalue weighted by atomic mass is 10.1. The van der Waals surface area contributed by atoms with Crippen LogP contribution in [0.1, 0.15) is 5.82 Å². The fourth-order valence-electron chi connectivity index (χ4n) is 1.29. The van der Waals surface area contributed by atoms with Crippen LogP contribution in [0.15, 0.2) is 36.7 Å². The highest BCUT2D eigenvalue weighted by molar-refractivity contribution is 5.61. The number of hydrogen-bond donors (Lipinski definition) is 1. The Kier molecular flexibility index (Phi) is 2.69. The minimum absolute atomic E-state index is 0.276. The van der Waals surface area contributed by atoms with Gasteiger partial charge in [-0.1, -0.05) is 18.2 Å². The first-order valence-corrected chi connectivity index (χ1v) is 4.57. The van der Waals surface area contributed by atoms with E-state index in [-0.39, 0.29) is 12.4 Å². The number of nitrogens with two attached hydrogens (primary N) is 1. The number of benzene rings is 1. The molecule has 1 heterocycles. The maximum absolute atomic E-state index is 13.4. The Labute approximate surface area is 86.8 Å². The quantitative estimate of drug-likeness (QED) is 0.808. The van der Waals surface area contributed by atoms with Crippen LogP contribution in [0, 0.1) is 5.82 Å². The first kappa shape index (κ1) is 9.73. The van der Waals surface area contributed by atoms with Crippen molar-refractivity contribution in [3.8, 4) is 11.1 Å². The van der Waals surface area contributed by atoms with Crippen molar-refractivity contribution >= 4 is 0 Å². The van der Waals surface area contributed by atoms with Crippen molar-refractivity contribution in [3.63, 3.8) is 0 Å². The van der Waals surface area contributed by atoms with Crippen molar-refractivity contribution in [2.45, 2.75) is 6.54 Å². The van der Waals surface area contributed by atoms with Crippen LogP contribution in [0.3, 0.4) is 0 Å². The van der Waals surface area contributed by atoms with Gasteiger partial charge in [0, 0.05) is 23.5 Å². The number of rotatable bonds is 2. The molecule has 76 valence electrons. The lowest BCUT2D eigenvalue weighted by molar-refractivity contribution is 0.631. The summed E-state index contributed by atoms with van der Waals surface area (Å²) in [5.74, 6) is 0.275. The lowest BCUT2D eigenvalue weighted by Crippen LogP contribution is -2.02. The van der Waals surface area contributed by atoms with Crippen molar-refractivity contribution in [2.24, 2.45) is 5.73 Å². The Hall–Kier alpha value is -1.81. The summed E-state index contributed by atoms with van der Waals surface area (Å²) in [5.41, 5.74) is 6.53. The van der Waals surface area contributed by atoms with E-state index < -0.39 is 0 Å². The molecule has 0 fully saturated rings. The van der Waals surface area contributed by atoms with Gasteiger partial charge in [-0.25, -0.2) is 14.4 Å². The second-order valence-electron chi connectivity index (χ2n) is 3.07. The minimum Gasteiger partial charge on any atom is -0.324 e. The van der Waals surface area contributed by atoms with Crippen LogP contribution in [-0.4, -0.2) is 9.97 Å². The molecule has 0 aliphatic carbocycles. The van der Waals surface area contributed by atoms with E-state index in [1.54, 1.807) is 30.6 Å². The molecule has 4 heteroatoms. The van der Waals surface area contributed by atoms with Crippen LogP contribution in [0.25, 0.3) is 11.1 Å². The molecule has 0 atom stereocenters. The van der Waals surface area contributed by atoms with E-state index in [1.807, 2.05) is 0 Å². The molecule has 2 aromatic rings. The van der Waals surface area contributed by atoms with Crippen molar-refractivity contribution in [1.29, 1.82) is 0 Å². The van der Waals surface area contributed by atoms with Gasteiger partial charge in [-0.2, -0.15) is 0 Å². The third-order valence-corrected chi connectivity index (χ3v) is 2.07. The van der Waals surface area contributed by atoms with E-state index in [0.717, 1.165) is 0 Å². The number of hydrogen-bond acceptors (Lipinski definition) is 3. The molecule has 0 aliphatic rings. The fraction of sp³-hybridized carbons (Fsp3) is 0.0909. The second kappa shape index (κ2) is 4.14. The summed E-state index contributed by atoms with van der Waals surface area (Å²) in [7, 11) is 0. The molecule has 1 aromatic carbocycles. The molecule has 0 aliphatic heterocycles. The van der Waals surface area contributed by atoms with E-state index in [4.69, 9.17) is 5.73 Å². The molecule has 0 radical (unpaired) electrons. The molecule has 0 amide bonds. The summed E-state index contributed by atoms with van der Waals surface area (Å²) in [6.45, 7) is 0.289. The average Bonchev–Trinajstić information content (AvgIpc) is 2.30. The van der Waals surface area contributed by atoms with Gasteiger partial charge in [-0.05, 0) is 6.07 Å². The summed E-state index contributed by atoms with van der Waals surface area (Å²) in [6.07, 6.45) is 3.15. The highest BCUT2D eigenvalue weighted by Crippen LogP contribution is 2.20. The molecular weight excluding hydrogens is 193 g/mol. The zero-order chi connectivity index (χ0) is 10.7. The van der Waals surface area contributed by atoms with E-state index in [9.17, 15) is 4.39 Å². The van der Waals surface area contributed by atoms with Crippen LogP contribution in [0.2, 0.25) is 0 Å². The Bertz CT molecular complexity index is 454. The fourth-order valence-corrected chi connectivity index (χ4v) is 1.29. The van der Waals surface area contributed by atoms with Gasteiger partial charge in [0.25, 0.3) is 0 Å². The molecule has 2 N–H and O–H groups in total. The Balaban J connectivity index is 2.42. The third-order valence-electron chi connectivity index (χ3n) is 2.07. The molecule has 0 spiro atoms. The SMILES string of the molecule is NCc1ncc(-c2ccccc2F)cn1. The van der Waals surface area contributed by atoms with Crippen molar-refractivity contribution in [3.05, 3.63) is 48.3 Å². The lowest BCUT2D eigenvalue weighted by Gasteiger charge is -2.02. The normalized spacial score (nSPS) is 10.3. The van der Waals surface area contributed by atoms with Gasteiger partial charge in [0.1, 0.15) is 11.6 Å². The molecule has 0 bridgehead atoms. The Morgan fingerprint density at radius 3 is 2.40 bits per heavy atom. The molecular formula is C11H10FN3. The smallest absolute Gasteiger partial charge is 0.141 e. The molecule has 3 nitrogen and oxygen atoms in total. The zero-order valence-corrected chi connectivity index (χ0v) is 8.02. The summed E-state index contributed by atoms with van der Waals surface area (Å²) < 4.78 is 13.4. The number of nitrogens with zero attached hydrogens (tertiary/aromatic N) is 2. The summed E-state index contributed by atoms with van der Waals surface area (Å²) in [4.78, 5) is 8.02. The maximum Gasteiger partial charge on any atom is 0.141 e. The highest BCUT2D eigenvalue weighted by atomic mass is 19.1. The van der Waals surface area contributed by atoms with Crippen LogP contribution in [0.4, 0.5) is 4.39 Å². The van der Waals surface area contributed by atoms with Crippen LogP contribution >= 0.6 is 0 Å². The van der Waals surface area contributed by atoms with Crippen LogP contribution < -0.4 is 5.73 Å². The second-order valence-corrected chi connectivity index (χ2v) is 3.07. The van der Waals surface area contributed by atoms with Gasteiger partial charge in [0.15, 0.2) is 0 Å². The number of aromatic nitrogens is 2. The van der Waals surface area contributed by atoms with Gasteiger partial charge in [-0.15, -0.1) is 0 Å². The minimum atomic E-state index is -0.276. The Morgan fingerprint density at radius 1 is 1.13 bits per heavy atom. The van der Waals surface area contributed by atoms with E-state index in [1.165, 1.54) is 6.07 Å². The van der Waals surface area contributed by atoms with Crippen LogP contribution in [0.5, 0.6) is 0 Å². The van der Waals surface area contributed by atoms with E-state index in [0.29, 0.717) is 17.0 Å². The van der Waals surface area contributed by atoms with Gasteiger partial charge >= 0.3 is 0 Å². The molecule has 0 saturated heterocycles. The van der Waals surface area contributed by atoms with Crippen molar-refractivity contribution in [2.75, 3.05) is 0 Å². The molecule has 0 saturated carbocycles. The largest absolute Gasteiger partial charge is 0.324 e. The highest BCUT2D eigenvalue weighted by Gasteiger charge is 2.04. The molecule has 0 unspecified atom stereocenters. The van der Waals surface area contributed by atoms with Crippen molar-refractivity contribution in [1.82, 2.24) is 9.97 Å². The summed E-state index contributed by atoms with van der Waals surface area (Å²) >= 11 is 0. The van der Waals surface area contributed by atoms with E-state index in [2.05, 4.69) is 9.97 Å². The predicted molar refractivity (Wildman–Crippen MR) is 55.3 cm³/mol. The first-order valence-electron chi connectivity index (χ1n) is 4.57. The zero-order valence-electron chi connectivity index (χ0n) is 8.02. The summed E-state index contributed by atoms with van der Waals surface area (Å²) in [6, 6.07) is 6.52. The van der Waals surface area contributed by atoms with Gasteiger partial charge in [0.05, 0.1) is 6.54 Å². The first-order chi connectivity index (χ1) is 7.31. The third kappa shape index (κ3) is 1.99. The van der Waals surface area contributed by atoms with Crippen LogP contribution in [-0.2, 0) is 6.54 Å². The summed E-state index contributed by atoms with van der Waals surface area (Å²) in [5, 5.41) is 0. The Morgan fingerprint density at radius 2 is 1.80 bits per heavy atom. The molecule has 1 aromatic heterocycles. The maximum atomic E-state index is 13.4. The van der Waals surface area contributed by atoms with E-state index >= 15 is 0 Å². The standard InChI is InChI=1S/C11H10FN3/c12-10-4-2-1-3-9(10)8-6-14-11(5-13)15-7-8/h1-4,6-7H,5,13H2. The van der Waals surface area contributed by atoms with Gasteiger partial charge < -0.3 is 5.73 Å². The van der Waals surface area contributed by atoms with Gasteiger partial charge in [0.2, 0.25) is 0 Å². The van der Waals surface area contributed by atoms with Crippen molar-refractivity contribution < 1.29 is 4.39 Å².